The van der Waals surface area contributed by atoms with E-state index in [1.165, 1.54) is 0 Å². The Morgan fingerprint density at radius 3 is 2.89 bits per heavy atom. The molecule has 0 aromatic heterocycles. The van der Waals surface area contributed by atoms with Crippen LogP contribution in [-0.4, -0.2) is 25.2 Å². The number of carbonyl (C=O) groups excluding carboxylic acids is 2. The Bertz CT molecular complexity index is 130. The van der Waals surface area contributed by atoms with Gasteiger partial charge >= 0.3 is 6.09 Å². The average Bonchev–Trinajstić information content (AvgIpc) is 1.85. The summed E-state index contributed by atoms with van der Waals surface area (Å²) >= 11 is 0. The van der Waals surface area contributed by atoms with Gasteiger partial charge in [-0.05, 0) is 6.92 Å². The van der Waals surface area contributed by atoms with Crippen molar-refractivity contribution in [2.45, 2.75) is 6.92 Å². The highest BCUT2D eigenvalue weighted by Crippen LogP contribution is 1.79. The fraction of sp³-hybridized carbons (Fsp3) is 0.400. The van der Waals surface area contributed by atoms with Crippen LogP contribution in [0.15, 0.2) is 4.99 Å². The normalized spacial score (nSPS) is 9.44. The summed E-state index contributed by atoms with van der Waals surface area (Å²) in [6.45, 7) is 1.93. The summed E-state index contributed by atoms with van der Waals surface area (Å²) < 4.78 is 4.35. The van der Waals surface area contributed by atoms with Crippen molar-refractivity contribution in [2.75, 3.05) is 6.61 Å². The second-order valence-electron chi connectivity index (χ2n) is 1.11. The fourth-order valence-electron chi connectivity index (χ4n) is 0.252. The largest absolute Gasteiger partial charge is 0.448 e. The zero-order chi connectivity index (χ0) is 7.11. The predicted octanol–water partition coefficient (Wildman–Crippen LogP) is 0.413. The molecule has 0 rings (SSSR count). The van der Waals surface area contributed by atoms with Gasteiger partial charge < -0.3 is 4.74 Å². The summed E-state index contributed by atoms with van der Waals surface area (Å²) in [4.78, 5) is 22.9. The predicted molar refractivity (Wildman–Crippen MR) is 31.6 cm³/mol. The molecule has 4 nitrogen and oxygen atoms in total. The van der Waals surface area contributed by atoms with Crippen LogP contribution in [0.25, 0.3) is 0 Å². The molecule has 50 valence electrons. The molecule has 0 aromatic rings. The highest BCUT2D eigenvalue weighted by molar-refractivity contribution is 6.15. The van der Waals surface area contributed by atoms with E-state index >= 15 is 0 Å². The Morgan fingerprint density at radius 2 is 2.44 bits per heavy atom. The molecule has 1 amide bonds. The lowest BCUT2D eigenvalue weighted by atomic mass is 10.8. The van der Waals surface area contributed by atoms with E-state index in [1.807, 2.05) is 0 Å². The number of carbonyl (C=O) groups is 2. The molecule has 0 aromatic carbocycles. The summed E-state index contributed by atoms with van der Waals surface area (Å²) in [7, 11) is 0. The quantitative estimate of drug-likeness (QED) is 0.401. The maximum atomic E-state index is 10.2. The Hall–Kier alpha value is -1.19. The van der Waals surface area contributed by atoms with Crippen molar-refractivity contribution in [2.24, 2.45) is 4.99 Å². The summed E-state index contributed by atoms with van der Waals surface area (Å²) in [6, 6.07) is 0. The van der Waals surface area contributed by atoms with Crippen LogP contribution in [-0.2, 0) is 9.53 Å². The standard InChI is InChI=1S/C5H7NO3/c1-2-9-5(8)6-3-4-7/h3-4H,2H2,1H3/b6-3-. The summed E-state index contributed by atoms with van der Waals surface area (Å²) in [5, 5.41) is 0. The number of rotatable bonds is 2. The Kier molecular flexibility index (Phi) is 4.30. The molecule has 0 saturated carbocycles. The number of aliphatic imine (C=N–C) groups is 1. The zero-order valence-corrected chi connectivity index (χ0v) is 5.03. The van der Waals surface area contributed by atoms with Crippen molar-refractivity contribution < 1.29 is 14.3 Å². The molecule has 0 radical (unpaired) electrons. The summed E-state index contributed by atoms with van der Waals surface area (Å²) in [6.07, 6.45) is 0.527. The van der Waals surface area contributed by atoms with E-state index in [0.29, 0.717) is 6.29 Å². The number of aldehydes is 1. The molecule has 0 aliphatic heterocycles. The van der Waals surface area contributed by atoms with E-state index in [-0.39, 0.29) is 6.61 Å². The third-order valence-corrected chi connectivity index (χ3v) is 0.509. The number of amides is 1. The molecule has 0 unspecified atom stereocenters. The lowest BCUT2D eigenvalue weighted by Gasteiger charge is -1.90. The Labute approximate surface area is 52.5 Å². The second-order valence-corrected chi connectivity index (χ2v) is 1.11. The maximum Gasteiger partial charge on any atom is 0.433 e. The number of hydrogen-bond acceptors (Lipinski definition) is 3. The van der Waals surface area contributed by atoms with Gasteiger partial charge in [0, 0.05) is 0 Å². The van der Waals surface area contributed by atoms with Crippen LogP contribution >= 0.6 is 0 Å². The smallest absolute Gasteiger partial charge is 0.433 e. The number of nitrogens with zero attached hydrogens (tertiary/aromatic N) is 1. The van der Waals surface area contributed by atoms with E-state index < -0.39 is 6.09 Å². The molecule has 0 N–H and O–H groups in total. The lowest BCUT2D eigenvalue weighted by Crippen LogP contribution is -1.97. The van der Waals surface area contributed by atoms with Gasteiger partial charge in [-0.3, -0.25) is 4.79 Å². The molecule has 0 aliphatic carbocycles. The Morgan fingerprint density at radius 1 is 1.78 bits per heavy atom. The molecule has 0 spiro atoms. The van der Waals surface area contributed by atoms with E-state index in [2.05, 4.69) is 9.73 Å². The van der Waals surface area contributed by atoms with E-state index in [9.17, 15) is 9.59 Å². The summed E-state index contributed by atoms with van der Waals surface area (Å²) in [5.74, 6) is 0. The van der Waals surface area contributed by atoms with Gasteiger partial charge in [0.25, 0.3) is 0 Å². The third-order valence-electron chi connectivity index (χ3n) is 0.509. The van der Waals surface area contributed by atoms with Gasteiger partial charge in [0.15, 0.2) is 6.29 Å². The first-order chi connectivity index (χ1) is 4.31. The van der Waals surface area contributed by atoms with Crippen LogP contribution in [0.2, 0.25) is 0 Å². The highest BCUT2D eigenvalue weighted by atomic mass is 16.5. The number of ether oxygens (including phenoxy) is 1. The highest BCUT2D eigenvalue weighted by Gasteiger charge is 1.91. The maximum absolute atomic E-state index is 10.2. The summed E-state index contributed by atoms with van der Waals surface area (Å²) in [5.41, 5.74) is 0. The van der Waals surface area contributed by atoms with Gasteiger partial charge in [0.05, 0.1) is 12.8 Å². The van der Waals surface area contributed by atoms with Crippen molar-refractivity contribution in [3.05, 3.63) is 0 Å². The molecule has 0 saturated heterocycles. The van der Waals surface area contributed by atoms with Gasteiger partial charge in [-0.25, -0.2) is 4.79 Å². The lowest BCUT2D eigenvalue weighted by molar-refractivity contribution is -0.102. The van der Waals surface area contributed by atoms with Crippen molar-refractivity contribution in [1.29, 1.82) is 0 Å². The molecule has 9 heavy (non-hydrogen) atoms. The van der Waals surface area contributed by atoms with Crippen LogP contribution in [0.1, 0.15) is 6.92 Å². The molecule has 0 aliphatic rings. The molecule has 0 bridgehead atoms. The zero-order valence-electron chi connectivity index (χ0n) is 5.03. The van der Waals surface area contributed by atoms with Crippen LogP contribution in [0, 0.1) is 0 Å². The first kappa shape index (κ1) is 7.81. The van der Waals surface area contributed by atoms with Gasteiger partial charge in [-0.2, -0.15) is 4.99 Å². The first-order valence-electron chi connectivity index (χ1n) is 2.45. The SMILES string of the molecule is CCOC(=O)/N=C\C=O. The minimum Gasteiger partial charge on any atom is -0.448 e. The van der Waals surface area contributed by atoms with E-state index in [4.69, 9.17) is 0 Å². The topological polar surface area (TPSA) is 55.7 Å². The number of hydrogen-bond donors (Lipinski definition) is 0. The second kappa shape index (κ2) is 4.96. The average molecular weight is 129 g/mol. The van der Waals surface area contributed by atoms with Gasteiger partial charge in [0.2, 0.25) is 0 Å². The van der Waals surface area contributed by atoms with Gasteiger partial charge in [0.1, 0.15) is 0 Å². The minimum atomic E-state index is -0.732. The molecule has 0 atom stereocenters. The van der Waals surface area contributed by atoms with Gasteiger partial charge in [-0.15, -0.1) is 0 Å². The molecule has 4 heteroatoms. The monoisotopic (exact) mass is 129 g/mol. The van der Waals surface area contributed by atoms with Crippen LogP contribution < -0.4 is 0 Å². The molecule has 0 heterocycles. The van der Waals surface area contributed by atoms with Crippen molar-refractivity contribution in [3.8, 4) is 0 Å². The van der Waals surface area contributed by atoms with Crippen molar-refractivity contribution in [1.82, 2.24) is 0 Å². The minimum absolute atomic E-state index is 0.273. The van der Waals surface area contributed by atoms with Crippen molar-refractivity contribution >= 4 is 18.6 Å². The van der Waals surface area contributed by atoms with Crippen molar-refractivity contribution in [3.63, 3.8) is 0 Å². The molecular weight excluding hydrogens is 122 g/mol. The third kappa shape index (κ3) is 4.67. The van der Waals surface area contributed by atoms with Gasteiger partial charge in [-0.1, -0.05) is 0 Å². The first-order valence-corrected chi connectivity index (χ1v) is 2.45. The fourth-order valence-corrected chi connectivity index (χ4v) is 0.252. The molecular formula is C5H7NO3. The Balaban J connectivity index is 3.49. The van der Waals surface area contributed by atoms with E-state index in [0.717, 1.165) is 6.21 Å². The molecule has 0 fully saturated rings. The van der Waals surface area contributed by atoms with Crippen LogP contribution in [0.4, 0.5) is 4.79 Å². The van der Waals surface area contributed by atoms with Crippen LogP contribution in [0.3, 0.4) is 0 Å². The van der Waals surface area contributed by atoms with Crippen LogP contribution in [0.5, 0.6) is 0 Å². The van der Waals surface area contributed by atoms with E-state index in [1.54, 1.807) is 6.92 Å².